The molecule has 1 amide bonds. The summed E-state index contributed by atoms with van der Waals surface area (Å²) in [6, 6.07) is 6.87. The summed E-state index contributed by atoms with van der Waals surface area (Å²) in [5.41, 5.74) is 6.66. The second-order valence-corrected chi connectivity index (χ2v) is 8.22. The van der Waals surface area contributed by atoms with Crippen LogP contribution in [0.5, 0.6) is 0 Å². The summed E-state index contributed by atoms with van der Waals surface area (Å²) >= 11 is 0. The van der Waals surface area contributed by atoms with Gasteiger partial charge in [0.25, 0.3) is 0 Å². The molecule has 1 aliphatic heterocycles. The van der Waals surface area contributed by atoms with Crippen molar-refractivity contribution in [3.8, 4) is 0 Å². The average Bonchev–Trinajstić information content (AvgIpc) is 2.86. The van der Waals surface area contributed by atoms with E-state index in [1.165, 1.54) is 0 Å². The van der Waals surface area contributed by atoms with Crippen LogP contribution in [0.4, 0.5) is 0 Å². The number of hydrogen-bond acceptors (Lipinski definition) is 4. The van der Waals surface area contributed by atoms with Crippen LogP contribution in [0.2, 0.25) is 0 Å². The molecule has 0 bridgehead atoms. The largest absolute Gasteiger partial charge is 0.340 e. The van der Waals surface area contributed by atoms with Crippen molar-refractivity contribution in [2.45, 2.75) is 37.6 Å². The highest BCUT2D eigenvalue weighted by atomic mass is 35.5. The SMILES string of the molecule is Cc1ccc(S(=O)(=O)CCC(=O)N2CC(CN)CC2C)cc1.Cl. The molecule has 0 radical (unpaired) electrons. The lowest BCUT2D eigenvalue weighted by atomic mass is 10.1. The number of amides is 1. The van der Waals surface area contributed by atoms with E-state index in [1.807, 2.05) is 13.8 Å². The highest BCUT2D eigenvalue weighted by Gasteiger charge is 2.31. The van der Waals surface area contributed by atoms with E-state index in [0.717, 1.165) is 12.0 Å². The van der Waals surface area contributed by atoms with Crippen molar-refractivity contribution in [2.75, 3.05) is 18.8 Å². The molecule has 0 saturated carbocycles. The maximum atomic E-state index is 12.3. The topological polar surface area (TPSA) is 80.5 Å². The van der Waals surface area contributed by atoms with Crippen LogP contribution in [0.15, 0.2) is 29.2 Å². The van der Waals surface area contributed by atoms with Crippen LogP contribution in [-0.2, 0) is 14.6 Å². The van der Waals surface area contributed by atoms with Crippen molar-refractivity contribution >= 4 is 28.2 Å². The second kappa shape index (κ2) is 8.13. The lowest BCUT2D eigenvalue weighted by Gasteiger charge is -2.21. The fraction of sp³-hybridized carbons (Fsp3) is 0.562. The number of carbonyl (C=O) groups excluding carboxylic acids is 1. The number of nitrogens with zero attached hydrogens (tertiary/aromatic N) is 1. The Labute approximate surface area is 144 Å². The van der Waals surface area contributed by atoms with Gasteiger partial charge in [-0.15, -0.1) is 12.4 Å². The van der Waals surface area contributed by atoms with Gasteiger partial charge in [0.2, 0.25) is 5.91 Å². The molecule has 130 valence electrons. The Bertz CT molecular complexity index is 631. The average molecular weight is 361 g/mol. The third kappa shape index (κ3) is 4.93. The van der Waals surface area contributed by atoms with Gasteiger partial charge in [0.15, 0.2) is 9.84 Å². The second-order valence-electron chi connectivity index (χ2n) is 6.11. The monoisotopic (exact) mass is 360 g/mol. The molecular weight excluding hydrogens is 336 g/mol. The number of rotatable bonds is 5. The van der Waals surface area contributed by atoms with Gasteiger partial charge in [-0.2, -0.15) is 0 Å². The number of hydrogen-bond donors (Lipinski definition) is 1. The summed E-state index contributed by atoms with van der Waals surface area (Å²) in [6.45, 7) is 5.10. The molecule has 23 heavy (non-hydrogen) atoms. The van der Waals surface area contributed by atoms with Crippen LogP contribution >= 0.6 is 12.4 Å². The number of sulfone groups is 1. The zero-order chi connectivity index (χ0) is 16.3. The van der Waals surface area contributed by atoms with Gasteiger partial charge in [-0.1, -0.05) is 17.7 Å². The summed E-state index contributed by atoms with van der Waals surface area (Å²) in [4.78, 5) is 14.3. The summed E-state index contributed by atoms with van der Waals surface area (Å²) in [7, 11) is -3.41. The number of likely N-dealkylation sites (tertiary alicyclic amines) is 1. The van der Waals surface area contributed by atoms with E-state index in [9.17, 15) is 13.2 Å². The predicted molar refractivity (Wildman–Crippen MR) is 93.4 cm³/mol. The van der Waals surface area contributed by atoms with Gasteiger partial charge in [-0.3, -0.25) is 4.79 Å². The van der Waals surface area contributed by atoms with Crippen LogP contribution in [0.3, 0.4) is 0 Å². The Morgan fingerprint density at radius 1 is 1.30 bits per heavy atom. The van der Waals surface area contributed by atoms with Crippen LogP contribution < -0.4 is 5.73 Å². The first kappa shape index (κ1) is 19.9. The van der Waals surface area contributed by atoms with Gasteiger partial charge in [0, 0.05) is 19.0 Å². The van der Waals surface area contributed by atoms with E-state index in [0.29, 0.717) is 19.0 Å². The number of carbonyl (C=O) groups is 1. The van der Waals surface area contributed by atoms with Crippen molar-refractivity contribution in [1.29, 1.82) is 0 Å². The number of halogens is 1. The van der Waals surface area contributed by atoms with Crippen molar-refractivity contribution < 1.29 is 13.2 Å². The Morgan fingerprint density at radius 3 is 2.43 bits per heavy atom. The van der Waals surface area contributed by atoms with Crippen LogP contribution in [0, 0.1) is 12.8 Å². The van der Waals surface area contributed by atoms with E-state index in [4.69, 9.17) is 5.73 Å². The molecule has 2 atom stereocenters. The van der Waals surface area contributed by atoms with Crippen molar-refractivity contribution in [2.24, 2.45) is 11.7 Å². The third-order valence-electron chi connectivity index (χ3n) is 4.28. The third-order valence-corrected chi connectivity index (χ3v) is 6.01. The van der Waals surface area contributed by atoms with Gasteiger partial charge in [0.1, 0.15) is 0 Å². The first-order valence-electron chi connectivity index (χ1n) is 7.62. The highest BCUT2D eigenvalue weighted by Crippen LogP contribution is 2.23. The molecule has 2 unspecified atom stereocenters. The summed E-state index contributed by atoms with van der Waals surface area (Å²) in [5, 5.41) is 0. The Morgan fingerprint density at radius 2 is 1.91 bits per heavy atom. The summed E-state index contributed by atoms with van der Waals surface area (Å²) in [6.07, 6.45) is 0.921. The fourth-order valence-electron chi connectivity index (χ4n) is 2.89. The fourth-order valence-corrected chi connectivity index (χ4v) is 4.12. The highest BCUT2D eigenvalue weighted by molar-refractivity contribution is 7.91. The molecule has 1 aromatic rings. The number of nitrogens with two attached hydrogens (primary N) is 1. The number of benzene rings is 1. The molecule has 1 heterocycles. The standard InChI is InChI=1S/C16H24N2O3S.ClH/c1-12-3-5-15(6-4-12)22(20,21)8-7-16(19)18-11-14(10-17)9-13(18)2;/h3-6,13-14H,7-11,17H2,1-2H3;1H. The van der Waals surface area contributed by atoms with Gasteiger partial charge >= 0.3 is 0 Å². The quantitative estimate of drug-likeness (QED) is 0.867. The lowest BCUT2D eigenvalue weighted by molar-refractivity contribution is -0.131. The van der Waals surface area contributed by atoms with Crippen LogP contribution in [0.1, 0.15) is 25.3 Å². The first-order valence-corrected chi connectivity index (χ1v) is 9.27. The normalized spacial score (nSPS) is 21.1. The molecule has 0 aromatic heterocycles. The zero-order valence-electron chi connectivity index (χ0n) is 13.6. The van der Waals surface area contributed by atoms with E-state index in [-0.39, 0.29) is 41.4 Å². The summed E-state index contributed by atoms with van der Waals surface area (Å²) < 4.78 is 24.5. The molecule has 7 heteroatoms. The maximum Gasteiger partial charge on any atom is 0.223 e. The van der Waals surface area contributed by atoms with Gasteiger partial charge in [-0.25, -0.2) is 8.42 Å². The molecule has 1 fully saturated rings. The molecule has 1 aromatic carbocycles. The first-order chi connectivity index (χ1) is 10.3. The van der Waals surface area contributed by atoms with E-state index in [1.54, 1.807) is 29.2 Å². The molecule has 0 spiro atoms. The van der Waals surface area contributed by atoms with E-state index >= 15 is 0 Å². The Balaban J connectivity index is 0.00000264. The van der Waals surface area contributed by atoms with E-state index in [2.05, 4.69) is 0 Å². The smallest absolute Gasteiger partial charge is 0.223 e. The van der Waals surface area contributed by atoms with E-state index < -0.39 is 9.84 Å². The maximum absolute atomic E-state index is 12.3. The molecule has 2 N–H and O–H groups in total. The molecule has 1 saturated heterocycles. The van der Waals surface area contributed by atoms with Crippen LogP contribution in [-0.4, -0.2) is 44.1 Å². The minimum atomic E-state index is -3.41. The van der Waals surface area contributed by atoms with Gasteiger partial charge in [0.05, 0.1) is 10.6 Å². The van der Waals surface area contributed by atoms with Crippen molar-refractivity contribution in [3.63, 3.8) is 0 Å². The van der Waals surface area contributed by atoms with Gasteiger partial charge < -0.3 is 10.6 Å². The predicted octanol–water partition coefficient (Wildman–Crippen LogP) is 1.78. The molecule has 1 aliphatic rings. The Hall–Kier alpha value is -1.11. The minimum Gasteiger partial charge on any atom is -0.340 e. The minimum absolute atomic E-state index is 0. The zero-order valence-corrected chi connectivity index (χ0v) is 15.2. The van der Waals surface area contributed by atoms with Crippen LogP contribution in [0.25, 0.3) is 0 Å². The summed E-state index contributed by atoms with van der Waals surface area (Å²) in [5.74, 6) is 0.0811. The van der Waals surface area contributed by atoms with Gasteiger partial charge in [-0.05, 0) is 44.9 Å². The Kier molecular flexibility index (Phi) is 7.04. The molecular formula is C16H25ClN2O3S. The molecule has 5 nitrogen and oxygen atoms in total. The lowest BCUT2D eigenvalue weighted by Crippen LogP contribution is -2.35. The molecule has 0 aliphatic carbocycles. The van der Waals surface area contributed by atoms with Crippen molar-refractivity contribution in [1.82, 2.24) is 4.90 Å². The molecule has 2 rings (SSSR count). The number of aryl methyl sites for hydroxylation is 1. The van der Waals surface area contributed by atoms with Crippen molar-refractivity contribution in [3.05, 3.63) is 29.8 Å².